The van der Waals surface area contributed by atoms with E-state index in [1.165, 1.54) is 4.91 Å². The number of anilines is 2. The fourth-order valence-electron chi connectivity index (χ4n) is 3.56. The molecule has 1 amide bonds. The van der Waals surface area contributed by atoms with E-state index in [1.807, 2.05) is 49.3 Å². The van der Waals surface area contributed by atoms with Gasteiger partial charge in [0.1, 0.15) is 0 Å². The summed E-state index contributed by atoms with van der Waals surface area (Å²) < 4.78 is 0. The van der Waals surface area contributed by atoms with Crippen molar-refractivity contribution >= 4 is 29.0 Å². The first kappa shape index (κ1) is 18.8. The predicted octanol–water partition coefficient (Wildman–Crippen LogP) is 4.26. The number of carbonyl (C=O) groups excluding carboxylic acids is 1. The highest BCUT2D eigenvalue weighted by molar-refractivity contribution is 8.03. The normalized spacial score (nSPS) is 20.5. The van der Waals surface area contributed by atoms with Crippen LogP contribution >= 0.6 is 11.8 Å². The van der Waals surface area contributed by atoms with E-state index in [0.717, 1.165) is 16.3 Å². The first-order valence-electron chi connectivity index (χ1n) is 9.40. The van der Waals surface area contributed by atoms with Crippen LogP contribution < -0.4 is 9.80 Å². The largest absolute Gasteiger partial charge is 0.378 e. The third-order valence-corrected chi connectivity index (χ3v) is 6.34. The molecule has 2 aromatic rings. The minimum absolute atomic E-state index is 0.0311. The molecule has 0 spiro atoms. The number of amides is 1. The maximum Gasteiger partial charge on any atom is 0.259 e. The zero-order valence-corrected chi connectivity index (χ0v) is 17.5. The van der Waals surface area contributed by atoms with E-state index in [2.05, 4.69) is 60.3 Å². The van der Waals surface area contributed by atoms with Gasteiger partial charge in [-0.25, -0.2) is 0 Å². The molecule has 0 aromatic heterocycles. The van der Waals surface area contributed by atoms with Crippen LogP contribution in [0.4, 0.5) is 11.4 Å². The van der Waals surface area contributed by atoms with Crippen molar-refractivity contribution in [2.24, 2.45) is 0 Å². The van der Waals surface area contributed by atoms with Crippen LogP contribution in [0.5, 0.6) is 0 Å². The Morgan fingerprint density at radius 2 is 1.75 bits per heavy atom. The minimum atomic E-state index is -0.0633. The molecule has 1 aliphatic carbocycles. The standard InChI is InChI=1S/C23H25N3OS/c1-24(2)17-10-12-19-21(14-17)28-22-15-18(25(3)4)11-13-20(22)26(19)23(27)16-8-6-5-7-9-16/h5-15,17,19H,1-4H3. The fraction of sp³-hybridized carbons (Fsp3) is 0.261. The molecule has 0 saturated carbocycles. The van der Waals surface area contributed by atoms with Crippen LogP contribution in [0.15, 0.2) is 76.6 Å². The molecule has 0 radical (unpaired) electrons. The Hall–Kier alpha value is -2.50. The van der Waals surface area contributed by atoms with Crippen LogP contribution in [0.25, 0.3) is 0 Å². The average molecular weight is 392 g/mol. The summed E-state index contributed by atoms with van der Waals surface area (Å²) in [5.41, 5.74) is 2.81. The number of likely N-dealkylation sites (N-methyl/N-ethyl adjacent to an activating group) is 1. The Balaban J connectivity index is 1.83. The molecular weight excluding hydrogens is 366 g/mol. The molecule has 4 rings (SSSR count). The third kappa shape index (κ3) is 3.36. The van der Waals surface area contributed by atoms with Crippen molar-refractivity contribution in [1.29, 1.82) is 0 Å². The predicted molar refractivity (Wildman–Crippen MR) is 118 cm³/mol. The number of thioether (sulfide) groups is 1. The van der Waals surface area contributed by atoms with Gasteiger partial charge in [-0.3, -0.25) is 14.6 Å². The number of rotatable bonds is 3. The molecule has 2 unspecified atom stereocenters. The van der Waals surface area contributed by atoms with Crippen molar-refractivity contribution in [2.75, 3.05) is 38.0 Å². The summed E-state index contributed by atoms with van der Waals surface area (Å²) in [5, 5.41) is 0. The summed E-state index contributed by atoms with van der Waals surface area (Å²) in [6.07, 6.45) is 6.61. The summed E-state index contributed by atoms with van der Waals surface area (Å²) in [6, 6.07) is 16.0. The van der Waals surface area contributed by atoms with Gasteiger partial charge >= 0.3 is 0 Å². The van der Waals surface area contributed by atoms with Crippen molar-refractivity contribution in [2.45, 2.75) is 17.0 Å². The van der Waals surface area contributed by atoms with E-state index in [9.17, 15) is 4.79 Å². The van der Waals surface area contributed by atoms with Crippen molar-refractivity contribution in [3.63, 3.8) is 0 Å². The lowest BCUT2D eigenvalue weighted by Gasteiger charge is -2.40. The summed E-state index contributed by atoms with van der Waals surface area (Å²) in [7, 11) is 8.22. The Labute approximate surface area is 171 Å². The monoisotopic (exact) mass is 391 g/mol. The van der Waals surface area contributed by atoms with Gasteiger partial charge in [0, 0.05) is 41.2 Å². The van der Waals surface area contributed by atoms with Crippen molar-refractivity contribution in [3.8, 4) is 0 Å². The van der Waals surface area contributed by atoms with E-state index in [4.69, 9.17) is 0 Å². The third-order valence-electron chi connectivity index (χ3n) is 5.18. The maximum absolute atomic E-state index is 13.5. The number of hydrogen-bond donors (Lipinski definition) is 0. The van der Waals surface area contributed by atoms with Gasteiger partial charge in [-0.05, 0) is 44.4 Å². The van der Waals surface area contributed by atoms with Gasteiger partial charge < -0.3 is 4.90 Å². The fourth-order valence-corrected chi connectivity index (χ4v) is 4.78. The van der Waals surface area contributed by atoms with Gasteiger partial charge in [-0.15, -0.1) is 0 Å². The molecule has 2 aliphatic rings. The first-order chi connectivity index (χ1) is 13.5. The summed E-state index contributed by atoms with van der Waals surface area (Å²) >= 11 is 1.77. The van der Waals surface area contributed by atoms with E-state index in [1.54, 1.807) is 11.8 Å². The van der Waals surface area contributed by atoms with Gasteiger partial charge in [0.25, 0.3) is 5.91 Å². The SMILES string of the molecule is CN(C)c1ccc2c(c1)SC1=CC(N(C)C)C=CC1N2C(=O)c1ccccc1. The smallest absolute Gasteiger partial charge is 0.259 e. The van der Waals surface area contributed by atoms with Gasteiger partial charge in [-0.2, -0.15) is 0 Å². The number of benzene rings is 2. The first-order valence-corrected chi connectivity index (χ1v) is 10.2. The Kier molecular flexibility index (Phi) is 5.04. The van der Waals surface area contributed by atoms with Gasteiger partial charge in [0.2, 0.25) is 0 Å². The molecule has 1 heterocycles. The highest BCUT2D eigenvalue weighted by atomic mass is 32.2. The summed E-state index contributed by atoms with van der Waals surface area (Å²) in [4.78, 5) is 22.0. The van der Waals surface area contributed by atoms with E-state index >= 15 is 0 Å². The Bertz CT molecular complexity index is 950. The zero-order valence-electron chi connectivity index (χ0n) is 16.7. The van der Waals surface area contributed by atoms with Gasteiger partial charge in [-0.1, -0.05) is 48.2 Å². The molecule has 0 fully saturated rings. The van der Waals surface area contributed by atoms with Crippen LogP contribution in [0, 0.1) is 0 Å². The second-order valence-electron chi connectivity index (χ2n) is 7.54. The molecule has 0 saturated heterocycles. The average Bonchev–Trinajstić information content (AvgIpc) is 2.71. The van der Waals surface area contributed by atoms with Crippen LogP contribution in [0.2, 0.25) is 0 Å². The molecule has 4 nitrogen and oxygen atoms in total. The highest BCUT2D eigenvalue weighted by Crippen LogP contribution is 2.47. The molecule has 0 N–H and O–H groups in total. The Morgan fingerprint density at radius 1 is 1.00 bits per heavy atom. The lowest BCUT2D eigenvalue weighted by molar-refractivity contribution is 0.0983. The molecule has 2 atom stereocenters. The highest BCUT2D eigenvalue weighted by Gasteiger charge is 2.36. The number of hydrogen-bond acceptors (Lipinski definition) is 4. The van der Waals surface area contributed by atoms with Crippen LogP contribution in [-0.4, -0.2) is 51.1 Å². The number of fused-ring (bicyclic) bond motifs is 2. The molecule has 28 heavy (non-hydrogen) atoms. The molecular formula is C23H25N3OS. The van der Waals surface area contributed by atoms with Crippen LogP contribution in [-0.2, 0) is 0 Å². The minimum Gasteiger partial charge on any atom is -0.378 e. The van der Waals surface area contributed by atoms with E-state index in [0.29, 0.717) is 5.56 Å². The van der Waals surface area contributed by atoms with Crippen molar-refractivity contribution < 1.29 is 4.79 Å². The number of nitrogens with zero attached hydrogens (tertiary/aromatic N) is 3. The molecule has 5 heteroatoms. The lowest BCUT2D eigenvalue weighted by atomic mass is 10.0. The summed E-state index contributed by atoms with van der Waals surface area (Å²) in [6.45, 7) is 0. The lowest BCUT2D eigenvalue weighted by Crippen LogP contribution is -2.44. The summed E-state index contributed by atoms with van der Waals surface area (Å²) in [5.74, 6) is 0.0311. The van der Waals surface area contributed by atoms with Crippen LogP contribution in [0.3, 0.4) is 0 Å². The quantitative estimate of drug-likeness (QED) is 0.731. The molecule has 0 bridgehead atoms. The topological polar surface area (TPSA) is 26.8 Å². The van der Waals surface area contributed by atoms with Crippen molar-refractivity contribution in [3.05, 3.63) is 77.2 Å². The Morgan fingerprint density at radius 3 is 2.43 bits per heavy atom. The molecule has 144 valence electrons. The maximum atomic E-state index is 13.5. The van der Waals surface area contributed by atoms with Gasteiger partial charge in [0.15, 0.2) is 0 Å². The molecule has 2 aromatic carbocycles. The van der Waals surface area contributed by atoms with Gasteiger partial charge in [0.05, 0.1) is 11.7 Å². The number of carbonyl (C=O) groups is 1. The van der Waals surface area contributed by atoms with Crippen molar-refractivity contribution in [1.82, 2.24) is 4.90 Å². The molecule has 1 aliphatic heterocycles. The van der Waals surface area contributed by atoms with E-state index in [-0.39, 0.29) is 18.0 Å². The second kappa shape index (κ2) is 7.49. The van der Waals surface area contributed by atoms with E-state index < -0.39 is 0 Å². The second-order valence-corrected chi connectivity index (χ2v) is 8.66. The van der Waals surface area contributed by atoms with Crippen LogP contribution in [0.1, 0.15) is 10.4 Å². The zero-order chi connectivity index (χ0) is 19.8.